The molecule has 0 amide bonds. The number of rotatable bonds is 6. The Hall–Kier alpha value is -0.980. The normalized spacial score (nSPS) is 15.9. The van der Waals surface area contributed by atoms with Crippen molar-refractivity contribution in [2.75, 3.05) is 13.6 Å². The Morgan fingerprint density at radius 1 is 1.39 bits per heavy atom. The van der Waals surface area contributed by atoms with E-state index < -0.39 is 15.8 Å². The molecule has 0 atom stereocenters. The van der Waals surface area contributed by atoms with Gasteiger partial charge in [0.05, 0.1) is 0 Å². The molecule has 1 aromatic carbocycles. The first kappa shape index (κ1) is 13.5. The van der Waals surface area contributed by atoms with Gasteiger partial charge in [0.2, 0.25) is 10.0 Å². The number of nitrogens with one attached hydrogen (secondary N) is 2. The van der Waals surface area contributed by atoms with E-state index in [-0.39, 0.29) is 4.90 Å². The maximum absolute atomic E-state index is 13.6. The van der Waals surface area contributed by atoms with Crippen molar-refractivity contribution < 1.29 is 12.8 Å². The summed E-state index contributed by atoms with van der Waals surface area (Å²) in [5, 5.41) is 2.90. The highest BCUT2D eigenvalue weighted by Gasteiger charge is 2.25. The molecule has 2 rings (SSSR count). The van der Waals surface area contributed by atoms with Crippen LogP contribution in [0.25, 0.3) is 0 Å². The zero-order valence-electron chi connectivity index (χ0n) is 10.2. The van der Waals surface area contributed by atoms with E-state index in [0.29, 0.717) is 19.0 Å². The molecule has 100 valence electrons. The molecule has 0 heterocycles. The molecule has 1 aromatic rings. The van der Waals surface area contributed by atoms with E-state index in [4.69, 9.17) is 0 Å². The SMILES string of the molecule is CNCc1ccc(F)c(S(=O)(=O)NCC2CC2)c1. The van der Waals surface area contributed by atoms with E-state index in [1.54, 1.807) is 13.1 Å². The third kappa shape index (κ3) is 3.28. The first-order valence-electron chi connectivity index (χ1n) is 5.95. The monoisotopic (exact) mass is 272 g/mol. The van der Waals surface area contributed by atoms with Crippen LogP contribution in [0.2, 0.25) is 0 Å². The number of halogens is 1. The molecule has 1 aliphatic rings. The smallest absolute Gasteiger partial charge is 0.243 e. The van der Waals surface area contributed by atoms with E-state index >= 15 is 0 Å². The molecule has 0 bridgehead atoms. The summed E-state index contributed by atoms with van der Waals surface area (Å²) in [5.74, 6) is -0.290. The summed E-state index contributed by atoms with van der Waals surface area (Å²) < 4.78 is 40.0. The Balaban J connectivity index is 2.20. The van der Waals surface area contributed by atoms with Crippen molar-refractivity contribution in [2.45, 2.75) is 24.3 Å². The second kappa shape index (κ2) is 5.34. The Morgan fingerprint density at radius 2 is 2.11 bits per heavy atom. The van der Waals surface area contributed by atoms with Crippen LogP contribution in [0.1, 0.15) is 18.4 Å². The van der Waals surface area contributed by atoms with Crippen LogP contribution < -0.4 is 10.0 Å². The van der Waals surface area contributed by atoms with E-state index in [0.717, 1.165) is 18.4 Å². The highest BCUT2D eigenvalue weighted by atomic mass is 32.2. The maximum Gasteiger partial charge on any atom is 0.243 e. The zero-order valence-corrected chi connectivity index (χ0v) is 11.1. The summed E-state index contributed by atoms with van der Waals surface area (Å²) in [6.45, 7) is 0.906. The molecule has 0 aromatic heterocycles. The Morgan fingerprint density at radius 3 is 2.72 bits per heavy atom. The van der Waals surface area contributed by atoms with Crippen LogP contribution in [0.15, 0.2) is 23.1 Å². The minimum absolute atomic E-state index is 0.268. The lowest BCUT2D eigenvalue weighted by Crippen LogP contribution is -2.27. The van der Waals surface area contributed by atoms with E-state index in [1.165, 1.54) is 12.1 Å². The molecule has 4 nitrogen and oxygen atoms in total. The fourth-order valence-electron chi connectivity index (χ4n) is 1.70. The van der Waals surface area contributed by atoms with Crippen LogP contribution in [0.3, 0.4) is 0 Å². The minimum atomic E-state index is -3.74. The van der Waals surface area contributed by atoms with Crippen molar-refractivity contribution >= 4 is 10.0 Å². The number of hydrogen-bond acceptors (Lipinski definition) is 3. The summed E-state index contributed by atoms with van der Waals surface area (Å²) in [7, 11) is -1.99. The second-order valence-corrected chi connectivity index (χ2v) is 6.33. The summed E-state index contributed by atoms with van der Waals surface area (Å²) in [6.07, 6.45) is 2.09. The van der Waals surface area contributed by atoms with Crippen molar-refractivity contribution in [3.63, 3.8) is 0 Å². The third-order valence-corrected chi connectivity index (χ3v) is 4.36. The van der Waals surface area contributed by atoms with Crippen molar-refractivity contribution in [1.82, 2.24) is 10.0 Å². The van der Waals surface area contributed by atoms with E-state index in [9.17, 15) is 12.8 Å². The van der Waals surface area contributed by atoms with Gasteiger partial charge in [0.25, 0.3) is 0 Å². The topological polar surface area (TPSA) is 58.2 Å². The van der Waals surface area contributed by atoms with Gasteiger partial charge in [0.15, 0.2) is 0 Å². The van der Waals surface area contributed by atoms with Crippen molar-refractivity contribution in [1.29, 1.82) is 0 Å². The van der Waals surface area contributed by atoms with Gasteiger partial charge in [0, 0.05) is 13.1 Å². The highest BCUT2D eigenvalue weighted by molar-refractivity contribution is 7.89. The number of hydrogen-bond donors (Lipinski definition) is 2. The van der Waals surface area contributed by atoms with Gasteiger partial charge in [-0.05, 0) is 43.5 Å². The molecule has 1 aliphatic carbocycles. The van der Waals surface area contributed by atoms with Gasteiger partial charge < -0.3 is 5.32 Å². The van der Waals surface area contributed by atoms with Crippen molar-refractivity contribution in [2.24, 2.45) is 5.92 Å². The molecule has 1 fully saturated rings. The van der Waals surface area contributed by atoms with Gasteiger partial charge in [0.1, 0.15) is 10.7 Å². The van der Waals surface area contributed by atoms with Crippen LogP contribution in [0.5, 0.6) is 0 Å². The predicted octanol–water partition coefficient (Wildman–Crippen LogP) is 1.23. The van der Waals surface area contributed by atoms with Crippen molar-refractivity contribution in [3.05, 3.63) is 29.6 Å². The standard InChI is InChI=1S/C12H17FN2O2S/c1-14-7-10-4-5-11(13)12(6-10)18(16,17)15-8-9-2-3-9/h4-6,9,14-15H,2-3,7-8H2,1H3. The molecule has 0 saturated heterocycles. The van der Waals surface area contributed by atoms with E-state index in [2.05, 4.69) is 10.0 Å². The van der Waals surface area contributed by atoms with Gasteiger partial charge >= 0.3 is 0 Å². The Labute approximate surface area is 107 Å². The Bertz CT molecular complexity index is 527. The van der Waals surface area contributed by atoms with Gasteiger partial charge in [-0.25, -0.2) is 17.5 Å². The predicted molar refractivity (Wildman–Crippen MR) is 67.1 cm³/mol. The van der Waals surface area contributed by atoms with Crippen LogP contribution in [0, 0.1) is 11.7 Å². The molecular weight excluding hydrogens is 255 g/mol. The van der Waals surface area contributed by atoms with Gasteiger partial charge in [-0.15, -0.1) is 0 Å². The molecule has 0 radical (unpaired) electrons. The summed E-state index contributed by atoms with van der Waals surface area (Å²) in [4.78, 5) is -0.268. The lowest BCUT2D eigenvalue weighted by Gasteiger charge is -2.09. The number of sulfonamides is 1. The molecule has 0 aliphatic heterocycles. The van der Waals surface area contributed by atoms with Crippen LogP contribution in [-0.2, 0) is 16.6 Å². The molecular formula is C12H17FN2O2S. The summed E-state index contributed by atoms with van der Waals surface area (Å²) >= 11 is 0. The molecule has 0 spiro atoms. The molecule has 18 heavy (non-hydrogen) atoms. The first-order chi connectivity index (χ1) is 8.53. The third-order valence-electron chi connectivity index (χ3n) is 2.92. The average molecular weight is 272 g/mol. The zero-order chi connectivity index (χ0) is 13.2. The molecule has 1 saturated carbocycles. The first-order valence-corrected chi connectivity index (χ1v) is 7.44. The number of benzene rings is 1. The van der Waals surface area contributed by atoms with Crippen molar-refractivity contribution in [3.8, 4) is 0 Å². The van der Waals surface area contributed by atoms with Crippen LogP contribution in [0.4, 0.5) is 4.39 Å². The lowest BCUT2D eigenvalue weighted by molar-refractivity contribution is 0.553. The second-order valence-electron chi connectivity index (χ2n) is 4.59. The summed E-state index contributed by atoms with van der Waals surface area (Å²) in [5.41, 5.74) is 0.741. The highest BCUT2D eigenvalue weighted by Crippen LogP contribution is 2.28. The van der Waals surface area contributed by atoms with Gasteiger partial charge in [-0.3, -0.25) is 0 Å². The largest absolute Gasteiger partial charge is 0.316 e. The molecule has 2 N–H and O–H groups in total. The molecule has 0 unspecified atom stereocenters. The van der Waals surface area contributed by atoms with Gasteiger partial charge in [-0.2, -0.15) is 0 Å². The van der Waals surface area contributed by atoms with Crippen LogP contribution in [-0.4, -0.2) is 22.0 Å². The maximum atomic E-state index is 13.6. The molecule has 6 heteroatoms. The quantitative estimate of drug-likeness (QED) is 0.819. The Kier molecular flexibility index (Phi) is 3.99. The minimum Gasteiger partial charge on any atom is -0.316 e. The fourth-order valence-corrected chi connectivity index (χ4v) is 2.94. The van der Waals surface area contributed by atoms with Crippen LogP contribution >= 0.6 is 0 Å². The van der Waals surface area contributed by atoms with Gasteiger partial charge in [-0.1, -0.05) is 6.07 Å². The summed E-state index contributed by atoms with van der Waals surface area (Å²) in [6, 6.07) is 4.14. The van der Waals surface area contributed by atoms with E-state index in [1.807, 2.05) is 0 Å². The fraction of sp³-hybridized carbons (Fsp3) is 0.500. The lowest BCUT2D eigenvalue weighted by atomic mass is 10.2. The average Bonchev–Trinajstić information content (AvgIpc) is 3.13.